The van der Waals surface area contributed by atoms with E-state index in [0.29, 0.717) is 37.5 Å². The van der Waals surface area contributed by atoms with E-state index in [0.717, 1.165) is 18.2 Å². The van der Waals surface area contributed by atoms with Crippen molar-refractivity contribution < 1.29 is 22.9 Å². The lowest BCUT2D eigenvalue weighted by Crippen LogP contribution is -2.47. The fourth-order valence-corrected chi connectivity index (χ4v) is 3.28. The molecule has 1 aromatic heterocycles. The predicted octanol–water partition coefficient (Wildman–Crippen LogP) is 3.18. The van der Waals surface area contributed by atoms with Gasteiger partial charge in [0.05, 0.1) is 11.6 Å². The number of aryl methyl sites for hydroxylation is 1. The Kier molecular flexibility index (Phi) is 5.65. The molecule has 2 aromatic rings. The van der Waals surface area contributed by atoms with Gasteiger partial charge in [0.1, 0.15) is 17.4 Å². The topological polar surface area (TPSA) is 75.4 Å². The molecule has 1 aliphatic rings. The van der Waals surface area contributed by atoms with Gasteiger partial charge in [0.2, 0.25) is 5.91 Å². The molecule has 1 saturated heterocycles. The second-order valence-corrected chi connectivity index (χ2v) is 6.79. The molecule has 0 saturated carbocycles. The maximum Gasteiger partial charge on any atom is 0.242 e. The highest BCUT2D eigenvalue weighted by atomic mass is 19.1. The summed E-state index contributed by atoms with van der Waals surface area (Å²) >= 11 is 0. The van der Waals surface area contributed by atoms with Crippen LogP contribution in [-0.2, 0) is 4.79 Å². The zero-order valence-corrected chi connectivity index (χ0v) is 15.2. The number of ketones is 1. The molecule has 6 nitrogen and oxygen atoms in total. The fourth-order valence-electron chi connectivity index (χ4n) is 3.28. The monoisotopic (exact) mass is 377 g/mol. The number of benzene rings is 1. The molecule has 0 bridgehead atoms. The minimum atomic E-state index is -0.709. The summed E-state index contributed by atoms with van der Waals surface area (Å²) in [6.07, 6.45) is 0.963. The number of anilines is 1. The Morgan fingerprint density at radius 1 is 1.26 bits per heavy atom. The van der Waals surface area contributed by atoms with Crippen LogP contribution in [0.4, 0.5) is 14.6 Å². The van der Waals surface area contributed by atoms with E-state index in [1.165, 1.54) is 0 Å². The van der Waals surface area contributed by atoms with Gasteiger partial charge in [-0.25, -0.2) is 8.78 Å². The molecule has 1 atom stereocenters. The molecule has 1 unspecified atom stereocenters. The number of carbonyl (C=O) groups excluding carboxylic acids is 2. The van der Waals surface area contributed by atoms with Gasteiger partial charge in [0, 0.05) is 12.0 Å². The first-order valence-corrected chi connectivity index (χ1v) is 8.82. The fraction of sp³-hybridized carbons (Fsp3) is 0.421. The SMILES string of the molecule is Cc1cc(NC(=O)C(C)N2CCC(C(=O)c3cc(F)ccc3F)CC2)no1. The summed E-state index contributed by atoms with van der Waals surface area (Å²) in [5, 5.41) is 6.42. The Morgan fingerprint density at radius 2 is 1.96 bits per heavy atom. The summed E-state index contributed by atoms with van der Waals surface area (Å²) in [6.45, 7) is 4.53. The minimum Gasteiger partial charge on any atom is -0.360 e. The van der Waals surface area contributed by atoms with Crippen molar-refractivity contribution in [1.82, 2.24) is 10.1 Å². The van der Waals surface area contributed by atoms with Crippen LogP contribution in [0, 0.1) is 24.5 Å². The first-order chi connectivity index (χ1) is 12.8. The molecule has 1 amide bonds. The lowest BCUT2D eigenvalue weighted by molar-refractivity contribution is -0.121. The normalized spacial score (nSPS) is 16.9. The average molecular weight is 377 g/mol. The molecular weight excluding hydrogens is 356 g/mol. The van der Waals surface area contributed by atoms with Gasteiger partial charge in [-0.15, -0.1) is 0 Å². The van der Waals surface area contributed by atoms with Gasteiger partial charge in [-0.3, -0.25) is 14.5 Å². The van der Waals surface area contributed by atoms with E-state index < -0.39 is 17.7 Å². The largest absolute Gasteiger partial charge is 0.360 e. The van der Waals surface area contributed by atoms with E-state index in [-0.39, 0.29) is 23.2 Å². The molecule has 1 aromatic carbocycles. The van der Waals surface area contributed by atoms with Gasteiger partial charge in [-0.1, -0.05) is 5.16 Å². The summed E-state index contributed by atoms with van der Waals surface area (Å²) < 4.78 is 32.1. The number of nitrogens with one attached hydrogen (secondary N) is 1. The van der Waals surface area contributed by atoms with Crippen molar-refractivity contribution >= 4 is 17.5 Å². The quantitative estimate of drug-likeness (QED) is 0.810. The van der Waals surface area contributed by atoms with Crippen LogP contribution in [-0.4, -0.2) is 40.9 Å². The van der Waals surface area contributed by atoms with Gasteiger partial charge in [-0.05, 0) is 58.0 Å². The first kappa shape index (κ1) is 19.2. The molecule has 3 rings (SSSR count). The Hall–Kier alpha value is -2.61. The number of rotatable bonds is 5. The van der Waals surface area contributed by atoms with Crippen molar-refractivity contribution in [2.75, 3.05) is 18.4 Å². The Labute approximate surface area is 155 Å². The maximum absolute atomic E-state index is 13.8. The Morgan fingerprint density at radius 3 is 2.59 bits per heavy atom. The molecule has 0 aliphatic carbocycles. The molecule has 8 heteroatoms. The number of carbonyl (C=O) groups is 2. The highest BCUT2D eigenvalue weighted by Crippen LogP contribution is 2.25. The first-order valence-electron chi connectivity index (χ1n) is 8.82. The van der Waals surface area contributed by atoms with E-state index in [1.807, 2.05) is 4.90 Å². The summed E-state index contributed by atoms with van der Waals surface area (Å²) in [5.41, 5.74) is -0.208. The Balaban J connectivity index is 1.57. The van der Waals surface area contributed by atoms with Crippen LogP contribution in [0.5, 0.6) is 0 Å². The van der Waals surface area contributed by atoms with E-state index in [2.05, 4.69) is 10.5 Å². The number of hydrogen-bond acceptors (Lipinski definition) is 5. The smallest absolute Gasteiger partial charge is 0.242 e. The van der Waals surface area contributed by atoms with Gasteiger partial charge >= 0.3 is 0 Å². The van der Waals surface area contributed by atoms with Crippen molar-refractivity contribution in [1.29, 1.82) is 0 Å². The molecule has 144 valence electrons. The number of hydrogen-bond donors (Lipinski definition) is 1. The van der Waals surface area contributed by atoms with Gasteiger partial charge in [0.15, 0.2) is 11.6 Å². The molecule has 2 heterocycles. The van der Waals surface area contributed by atoms with Crippen LogP contribution < -0.4 is 5.32 Å². The van der Waals surface area contributed by atoms with E-state index in [1.54, 1.807) is 19.9 Å². The second kappa shape index (κ2) is 7.96. The van der Waals surface area contributed by atoms with Crippen LogP contribution in [0.1, 0.15) is 35.9 Å². The summed E-state index contributed by atoms with van der Waals surface area (Å²) in [7, 11) is 0. The molecule has 1 fully saturated rings. The number of nitrogens with zero attached hydrogens (tertiary/aromatic N) is 2. The van der Waals surface area contributed by atoms with E-state index in [4.69, 9.17) is 4.52 Å². The van der Waals surface area contributed by atoms with Crippen molar-refractivity contribution in [3.8, 4) is 0 Å². The summed E-state index contributed by atoms with van der Waals surface area (Å²) in [5.74, 6) is -1.38. The van der Waals surface area contributed by atoms with Crippen molar-refractivity contribution in [2.24, 2.45) is 5.92 Å². The highest BCUT2D eigenvalue weighted by Gasteiger charge is 2.31. The third kappa shape index (κ3) is 4.39. The minimum absolute atomic E-state index is 0.208. The van der Waals surface area contributed by atoms with Crippen LogP contribution in [0.25, 0.3) is 0 Å². The molecule has 1 aliphatic heterocycles. The zero-order valence-electron chi connectivity index (χ0n) is 15.2. The lowest BCUT2D eigenvalue weighted by Gasteiger charge is -2.34. The van der Waals surface area contributed by atoms with Crippen LogP contribution in [0.2, 0.25) is 0 Å². The van der Waals surface area contributed by atoms with E-state index >= 15 is 0 Å². The number of likely N-dealkylation sites (tertiary alicyclic amines) is 1. The van der Waals surface area contributed by atoms with Gasteiger partial charge in [-0.2, -0.15) is 0 Å². The second-order valence-electron chi connectivity index (χ2n) is 6.79. The molecule has 27 heavy (non-hydrogen) atoms. The zero-order chi connectivity index (χ0) is 19.6. The van der Waals surface area contributed by atoms with Crippen molar-refractivity contribution in [3.63, 3.8) is 0 Å². The molecule has 0 radical (unpaired) electrons. The Bertz CT molecular complexity index is 844. The maximum atomic E-state index is 13.8. The standard InChI is InChI=1S/C19H21F2N3O3/c1-11-9-17(23-27-11)22-19(26)12(2)24-7-5-13(6-8-24)18(25)15-10-14(20)3-4-16(15)21/h3-4,9-10,12-13H,5-8H2,1-2H3,(H,22,23,26). The van der Waals surface area contributed by atoms with Crippen molar-refractivity contribution in [2.45, 2.75) is 32.7 Å². The van der Waals surface area contributed by atoms with Crippen LogP contribution in [0.3, 0.4) is 0 Å². The molecule has 1 N–H and O–H groups in total. The summed E-state index contributed by atoms with van der Waals surface area (Å²) in [6, 6.07) is 4.12. The lowest BCUT2D eigenvalue weighted by atomic mass is 9.88. The number of Topliss-reactive ketones (excluding diaryl/α,β-unsaturated/α-hetero) is 1. The van der Waals surface area contributed by atoms with E-state index in [9.17, 15) is 18.4 Å². The molecular formula is C19H21F2N3O3. The number of piperidine rings is 1. The third-order valence-electron chi connectivity index (χ3n) is 4.90. The number of aromatic nitrogens is 1. The molecule has 0 spiro atoms. The summed E-state index contributed by atoms with van der Waals surface area (Å²) in [4.78, 5) is 26.8. The van der Waals surface area contributed by atoms with Gasteiger partial charge < -0.3 is 9.84 Å². The average Bonchev–Trinajstić information content (AvgIpc) is 3.07. The third-order valence-corrected chi connectivity index (χ3v) is 4.90. The van der Waals surface area contributed by atoms with Crippen LogP contribution in [0.15, 0.2) is 28.8 Å². The predicted molar refractivity (Wildman–Crippen MR) is 94.3 cm³/mol. The van der Waals surface area contributed by atoms with Gasteiger partial charge in [0.25, 0.3) is 0 Å². The number of amides is 1. The number of halogens is 2. The van der Waals surface area contributed by atoms with Crippen molar-refractivity contribution in [3.05, 3.63) is 47.2 Å². The van der Waals surface area contributed by atoms with Crippen LogP contribution >= 0.6 is 0 Å². The highest BCUT2D eigenvalue weighted by molar-refractivity contribution is 5.98.